The zero-order valence-electron chi connectivity index (χ0n) is 22.8. The number of aromatic nitrogens is 3. The van der Waals surface area contributed by atoms with E-state index in [1.165, 1.54) is 12.7 Å². The molecule has 210 valence electrons. The van der Waals surface area contributed by atoms with Crippen molar-refractivity contribution in [3.05, 3.63) is 95.3 Å². The second-order valence-corrected chi connectivity index (χ2v) is 9.57. The predicted octanol–water partition coefficient (Wildman–Crippen LogP) is 4.68. The Balaban J connectivity index is 1.53. The number of carboxylic acids is 1. The Hall–Kier alpha value is -5.03. The maximum atomic E-state index is 13.1. The summed E-state index contributed by atoms with van der Waals surface area (Å²) in [6, 6.07) is 21.8. The summed E-state index contributed by atoms with van der Waals surface area (Å²) in [4.78, 5) is 40.4. The van der Waals surface area contributed by atoms with Gasteiger partial charge >= 0.3 is 12.0 Å². The number of para-hydroxylation sites is 3. The number of anilines is 4. The molecule has 1 atom stereocenters. The molecule has 0 saturated heterocycles. The molecule has 1 aromatic heterocycles. The van der Waals surface area contributed by atoms with Gasteiger partial charge in [0.15, 0.2) is 5.82 Å². The number of aliphatic carboxylic acids is 1. The van der Waals surface area contributed by atoms with Gasteiger partial charge in [-0.05, 0) is 42.7 Å². The lowest BCUT2D eigenvalue weighted by molar-refractivity contribution is -0.136. The fraction of sp³-hybridized carbons (Fsp3) is 0.233. The van der Waals surface area contributed by atoms with Gasteiger partial charge in [0.1, 0.15) is 5.75 Å². The van der Waals surface area contributed by atoms with Crippen LogP contribution in [0.5, 0.6) is 5.75 Å². The van der Waals surface area contributed by atoms with Crippen LogP contribution in [0.25, 0.3) is 0 Å². The van der Waals surface area contributed by atoms with Crippen molar-refractivity contribution in [1.29, 1.82) is 0 Å². The second-order valence-electron chi connectivity index (χ2n) is 9.57. The number of nitrogens with one attached hydrogen (secondary N) is 3. The van der Waals surface area contributed by atoms with Gasteiger partial charge < -0.3 is 25.4 Å². The van der Waals surface area contributed by atoms with Crippen LogP contribution in [0.15, 0.2) is 72.8 Å². The van der Waals surface area contributed by atoms with Crippen LogP contribution in [-0.4, -0.2) is 52.3 Å². The number of carbonyl (C=O) groups excluding carboxylic acids is 1. The van der Waals surface area contributed by atoms with Crippen LogP contribution < -0.4 is 25.6 Å². The van der Waals surface area contributed by atoms with Crippen molar-refractivity contribution in [2.24, 2.45) is 0 Å². The Morgan fingerprint density at radius 1 is 1.00 bits per heavy atom. The minimum Gasteiger partial charge on any atom is -0.495 e. The zero-order chi connectivity index (χ0) is 28.8. The Bertz CT molecular complexity index is 1560. The predicted molar refractivity (Wildman–Crippen MR) is 156 cm³/mol. The van der Waals surface area contributed by atoms with E-state index in [-0.39, 0.29) is 18.9 Å². The summed E-state index contributed by atoms with van der Waals surface area (Å²) in [5.74, 6) is 0.379. The van der Waals surface area contributed by atoms with Crippen LogP contribution in [0.1, 0.15) is 35.0 Å². The summed E-state index contributed by atoms with van der Waals surface area (Å²) in [6.07, 6.45) is 0.749. The first-order chi connectivity index (χ1) is 19.9. The third kappa shape index (κ3) is 6.59. The van der Waals surface area contributed by atoms with Crippen LogP contribution in [0.4, 0.5) is 28.1 Å². The van der Waals surface area contributed by atoms with Crippen LogP contribution in [0.3, 0.4) is 0 Å². The second kappa shape index (κ2) is 12.4. The van der Waals surface area contributed by atoms with Gasteiger partial charge in [-0.3, -0.25) is 10.1 Å². The molecule has 0 saturated carbocycles. The highest BCUT2D eigenvalue weighted by atomic mass is 16.5. The molecule has 0 aliphatic carbocycles. The molecule has 1 aliphatic rings. The lowest BCUT2D eigenvalue weighted by Gasteiger charge is -2.22. The SMILES string of the molecule is COc1ccccc1NC(=O)Nc1nc(C(NCCC(=O)O)c2cccc(C)c2)nc(N2CCc3ccccc32)n1. The van der Waals surface area contributed by atoms with Gasteiger partial charge in [-0.25, -0.2) is 4.79 Å². The average molecular weight is 554 g/mol. The summed E-state index contributed by atoms with van der Waals surface area (Å²) >= 11 is 0. The zero-order valence-corrected chi connectivity index (χ0v) is 22.8. The average Bonchev–Trinajstić information content (AvgIpc) is 3.39. The topological polar surface area (TPSA) is 142 Å². The highest BCUT2D eigenvalue weighted by Crippen LogP contribution is 2.33. The van der Waals surface area contributed by atoms with E-state index < -0.39 is 18.0 Å². The molecule has 2 amide bonds. The molecule has 41 heavy (non-hydrogen) atoms. The van der Waals surface area contributed by atoms with Gasteiger partial charge in [-0.15, -0.1) is 0 Å². The van der Waals surface area contributed by atoms with E-state index in [0.29, 0.717) is 29.8 Å². The summed E-state index contributed by atoms with van der Waals surface area (Å²) < 4.78 is 5.34. The molecular formula is C30H31N7O4. The molecule has 0 radical (unpaired) electrons. The van der Waals surface area contributed by atoms with Crippen LogP contribution in [0.2, 0.25) is 0 Å². The molecule has 0 spiro atoms. The van der Waals surface area contributed by atoms with Gasteiger partial charge in [0.25, 0.3) is 0 Å². The number of fused-ring (bicyclic) bond motifs is 1. The molecule has 0 bridgehead atoms. The van der Waals surface area contributed by atoms with Crippen LogP contribution in [-0.2, 0) is 11.2 Å². The van der Waals surface area contributed by atoms with Crippen molar-refractivity contribution in [3.8, 4) is 5.75 Å². The van der Waals surface area contributed by atoms with Crippen molar-refractivity contribution < 1.29 is 19.4 Å². The fourth-order valence-corrected chi connectivity index (χ4v) is 4.77. The molecule has 5 rings (SSSR count). The number of ether oxygens (including phenoxy) is 1. The number of carboxylic acid groups (broad SMARTS) is 1. The van der Waals surface area contributed by atoms with E-state index >= 15 is 0 Å². The highest BCUT2D eigenvalue weighted by molar-refractivity contribution is 5.99. The lowest BCUT2D eigenvalue weighted by atomic mass is 10.0. The summed E-state index contributed by atoms with van der Waals surface area (Å²) in [6.45, 7) is 2.84. The third-order valence-electron chi connectivity index (χ3n) is 6.67. The van der Waals surface area contributed by atoms with E-state index in [2.05, 4.69) is 32.0 Å². The number of methoxy groups -OCH3 is 1. The first-order valence-electron chi connectivity index (χ1n) is 13.3. The first kappa shape index (κ1) is 27.5. The smallest absolute Gasteiger partial charge is 0.326 e. The van der Waals surface area contributed by atoms with Gasteiger partial charge in [0.2, 0.25) is 11.9 Å². The number of aryl methyl sites for hydroxylation is 1. The standard InChI is InChI=1S/C30H31N7O4/c1-19-8-7-10-21(18-19)26(31-16-14-25(38)39)27-33-28(36-30(40)32-22-11-4-6-13-24(22)41-2)35-29(34-27)37-17-15-20-9-3-5-12-23(20)37/h3-13,18,26,31H,14-17H2,1-2H3,(H,38,39)(H2,32,33,34,35,36,40). The maximum Gasteiger partial charge on any atom is 0.326 e. The van der Waals surface area contributed by atoms with Crippen LogP contribution >= 0.6 is 0 Å². The molecule has 11 heteroatoms. The minimum absolute atomic E-state index is 0.0551. The monoisotopic (exact) mass is 553 g/mol. The fourth-order valence-electron chi connectivity index (χ4n) is 4.77. The summed E-state index contributed by atoms with van der Waals surface area (Å²) in [5.41, 5.74) is 4.54. The third-order valence-corrected chi connectivity index (χ3v) is 6.67. The van der Waals surface area contributed by atoms with E-state index in [4.69, 9.17) is 9.72 Å². The van der Waals surface area contributed by atoms with Crippen molar-refractivity contribution >= 4 is 35.3 Å². The number of hydrogen-bond acceptors (Lipinski definition) is 8. The quantitative estimate of drug-likeness (QED) is 0.220. The number of benzene rings is 3. The van der Waals surface area contributed by atoms with E-state index in [1.54, 1.807) is 18.2 Å². The molecule has 1 unspecified atom stereocenters. The Morgan fingerprint density at radius 2 is 1.80 bits per heavy atom. The number of nitrogens with zero attached hydrogens (tertiary/aromatic N) is 4. The number of urea groups is 1. The van der Waals surface area contributed by atoms with Crippen LogP contribution in [0, 0.1) is 6.92 Å². The molecule has 3 aromatic carbocycles. The first-order valence-corrected chi connectivity index (χ1v) is 13.3. The van der Waals surface area contributed by atoms with Crippen molar-refractivity contribution in [3.63, 3.8) is 0 Å². The van der Waals surface area contributed by atoms with Gasteiger partial charge in [-0.2, -0.15) is 15.0 Å². The summed E-state index contributed by atoms with van der Waals surface area (Å²) in [7, 11) is 1.53. The van der Waals surface area contributed by atoms with E-state index in [0.717, 1.165) is 23.2 Å². The molecule has 4 aromatic rings. The largest absolute Gasteiger partial charge is 0.495 e. The van der Waals surface area contributed by atoms with Crippen molar-refractivity contribution in [1.82, 2.24) is 20.3 Å². The molecular weight excluding hydrogens is 522 g/mol. The normalized spacial score (nSPS) is 12.9. The Kier molecular flexibility index (Phi) is 8.35. The summed E-state index contributed by atoms with van der Waals surface area (Å²) in [5, 5.41) is 18.1. The van der Waals surface area contributed by atoms with Gasteiger partial charge in [0.05, 0.1) is 25.3 Å². The molecule has 0 fully saturated rings. The van der Waals surface area contributed by atoms with Gasteiger partial charge in [0, 0.05) is 18.8 Å². The number of amides is 2. The molecule has 11 nitrogen and oxygen atoms in total. The Morgan fingerprint density at radius 3 is 2.61 bits per heavy atom. The van der Waals surface area contributed by atoms with Gasteiger partial charge in [-0.1, -0.05) is 60.2 Å². The van der Waals surface area contributed by atoms with Crippen molar-refractivity contribution in [2.75, 3.05) is 35.7 Å². The van der Waals surface area contributed by atoms with Crippen molar-refractivity contribution in [2.45, 2.75) is 25.8 Å². The molecule has 4 N–H and O–H groups in total. The minimum atomic E-state index is -0.916. The lowest BCUT2D eigenvalue weighted by Crippen LogP contribution is -2.29. The molecule has 1 aliphatic heterocycles. The molecule has 2 heterocycles. The number of rotatable bonds is 10. The number of carbonyl (C=O) groups is 2. The highest BCUT2D eigenvalue weighted by Gasteiger charge is 2.26. The Labute approximate surface area is 237 Å². The number of hydrogen-bond donors (Lipinski definition) is 4. The maximum absolute atomic E-state index is 13.1. The van der Waals surface area contributed by atoms with E-state index in [1.807, 2.05) is 60.4 Å². The van der Waals surface area contributed by atoms with E-state index in [9.17, 15) is 14.7 Å².